The van der Waals surface area contributed by atoms with Crippen molar-refractivity contribution >= 4 is 40.6 Å². The molecule has 0 amide bonds. The standard InChI is InChI=1S/C59H50/c1-7-40-41(8-2)58-49-31-21-22-32-52(49)59(5,6)53(58)36-51(40)57-43(10-4)42(9-3)54(37-23-13-11-14-24-37)48-34-33-39(35-50(48)57)56-46-29-19-17-27-44(46)55(38-25-15-12-16-26-38)45-28-18-20-30-47(45)56/h7-17,20-27,30-36,45,55H,1-4,18-19,28-29H2,5-6H3. The maximum atomic E-state index is 4.53. The van der Waals surface area contributed by atoms with Crippen LogP contribution in [0.15, 0.2) is 177 Å². The van der Waals surface area contributed by atoms with Gasteiger partial charge in [-0.05, 0) is 155 Å². The SMILES string of the molecule is C=Cc1c(-c2c(C=C)c(C=C)c(-c3ccccc3)c3ccc(C4=C5C=CCCC5C(c5ccccc5)C5=C4CCC=C5)cc23)cc2c(c1C=C)-c1ccccc1C2(C)C. The van der Waals surface area contributed by atoms with Crippen LogP contribution in [0.4, 0.5) is 0 Å². The molecule has 0 heteroatoms. The average molecular weight is 759 g/mol. The molecule has 286 valence electrons. The molecule has 0 nitrogen and oxygen atoms in total. The Kier molecular flexibility index (Phi) is 8.99. The Morgan fingerprint density at radius 3 is 1.93 bits per heavy atom. The van der Waals surface area contributed by atoms with Gasteiger partial charge in [-0.2, -0.15) is 0 Å². The predicted octanol–water partition coefficient (Wildman–Crippen LogP) is 16.2. The van der Waals surface area contributed by atoms with Crippen molar-refractivity contribution in [3.05, 3.63) is 221 Å². The van der Waals surface area contributed by atoms with Gasteiger partial charge in [-0.15, -0.1) is 0 Å². The molecule has 0 fully saturated rings. The first-order valence-corrected chi connectivity index (χ1v) is 21.3. The molecule has 10 rings (SSSR count). The van der Waals surface area contributed by atoms with Crippen LogP contribution in [0.3, 0.4) is 0 Å². The molecule has 4 aliphatic carbocycles. The molecule has 0 N–H and O–H groups in total. The van der Waals surface area contributed by atoms with Gasteiger partial charge in [-0.25, -0.2) is 0 Å². The second kappa shape index (κ2) is 14.4. The predicted molar refractivity (Wildman–Crippen MR) is 256 cm³/mol. The van der Waals surface area contributed by atoms with Gasteiger partial charge in [0.15, 0.2) is 0 Å². The second-order valence-corrected chi connectivity index (χ2v) is 17.0. The van der Waals surface area contributed by atoms with Gasteiger partial charge in [-0.1, -0.05) is 186 Å². The van der Waals surface area contributed by atoms with Crippen molar-refractivity contribution in [3.8, 4) is 33.4 Å². The zero-order valence-corrected chi connectivity index (χ0v) is 34.3. The molecule has 2 atom stereocenters. The largest absolute Gasteiger partial charge is 0.0984 e. The van der Waals surface area contributed by atoms with E-state index in [2.05, 4.69) is 180 Å². The highest BCUT2D eigenvalue weighted by atomic mass is 14.4. The molecule has 6 aromatic carbocycles. The van der Waals surface area contributed by atoms with Crippen LogP contribution in [0.1, 0.15) is 90.0 Å². The highest BCUT2D eigenvalue weighted by Crippen LogP contribution is 2.57. The number of allylic oxidation sites excluding steroid dienone is 8. The van der Waals surface area contributed by atoms with E-state index in [-0.39, 0.29) is 5.41 Å². The molecule has 0 spiro atoms. The van der Waals surface area contributed by atoms with Crippen molar-refractivity contribution in [1.82, 2.24) is 0 Å². The van der Waals surface area contributed by atoms with E-state index in [4.69, 9.17) is 0 Å². The molecule has 6 aromatic rings. The molecule has 0 bridgehead atoms. The molecular weight excluding hydrogens is 709 g/mol. The first kappa shape index (κ1) is 36.8. The summed E-state index contributed by atoms with van der Waals surface area (Å²) in [6.45, 7) is 22.6. The Morgan fingerprint density at radius 1 is 0.542 bits per heavy atom. The maximum absolute atomic E-state index is 4.53. The fourth-order valence-corrected chi connectivity index (χ4v) is 11.3. The van der Waals surface area contributed by atoms with Gasteiger partial charge in [0.2, 0.25) is 0 Å². The summed E-state index contributed by atoms with van der Waals surface area (Å²) >= 11 is 0. The van der Waals surface area contributed by atoms with Crippen LogP contribution >= 0.6 is 0 Å². The van der Waals surface area contributed by atoms with Crippen LogP contribution in [0.25, 0.3) is 74.0 Å². The van der Waals surface area contributed by atoms with E-state index in [1.807, 2.05) is 18.2 Å². The van der Waals surface area contributed by atoms with Crippen molar-refractivity contribution in [1.29, 1.82) is 0 Å². The Bertz CT molecular complexity index is 2900. The van der Waals surface area contributed by atoms with Crippen LogP contribution in [-0.2, 0) is 5.41 Å². The van der Waals surface area contributed by atoms with E-state index >= 15 is 0 Å². The summed E-state index contributed by atoms with van der Waals surface area (Å²) in [6.07, 6.45) is 22.2. The quantitative estimate of drug-likeness (QED) is 0.145. The van der Waals surface area contributed by atoms with E-state index in [1.165, 1.54) is 77.6 Å². The molecule has 2 unspecified atom stereocenters. The summed E-state index contributed by atoms with van der Waals surface area (Å²) in [4.78, 5) is 0. The Hall–Kier alpha value is -6.50. The van der Waals surface area contributed by atoms with E-state index in [9.17, 15) is 0 Å². The number of rotatable bonds is 8. The average Bonchev–Trinajstić information content (AvgIpc) is 3.52. The van der Waals surface area contributed by atoms with Crippen molar-refractivity contribution in [2.75, 3.05) is 0 Å². The van der Waals surface area contributed by atoms with E-state index in [1.54, 1.807) is 0 Å². The smallest absolute Gasteiger partial charge is 0.0161 e. The molecule has 0 aliphatic heterocycles. The van der Waals surface area contributed by atoms with Crippen LogP contribution in [0.5, 0.6) is 0 Å². The fraction of sp³-hybridized carbons (Fsp3) is 0.153. The first-order valence-electron chi connectivity index (χ1n) is 21.3. The van der Waals surface area contributed by atoms with E-state index in [0.29, 0.717) is 11.8 Å². The Morgan fingerprint density at radius 2 is 1.19 bits per heavy atom. The lowest BCUT2D eigenvalue weighted by molar-refractivity contribution is 0.491. The fourth-order valence-electron chi connectivity index (χ4n) is 11.3. The second-order valence-electron chi connectivity index (χ2n) is 17.0. The van der Waals surface area contributed by atoms with Crippen LogP contribution in [0, 0.1) is 5.92 Å². The van der Waals surface area contributed by atoms with Crippen molar-refractivity contribution in [3.63, 3.8) is 0 Å². The van der Waals surface area contributed by atoms with E-state index < -0.39 is 0 Å². The summed E-state index contributed by atoms with van der Waals surface area (Å²) in [5.74, 6) is 0.755. The summed E-state index contributed by atoms with van der Waals surface area (Å²) in [5, 5.41) is 2.40. The molecule has 0 aromatic heterocycles. The van der Waals surface area contributed by atoms with Gasteiger partial charge >= 0.3 is 0 Å². The first-order chi connectivity index (χ1) is 28.9. The lowest BCUT2D eigenvalue weighted by Crippen LogP contribution is -2.25. The van der Waals surface area contributed by atoms with Crippen molar-refractivity contribution < 1.29 is 0 Å². The number of benzene rings is 6. The van der Waals surface area contributed by atoms with Gasteiger partial charge < -0.3 is 0 Å². The zero-order valence-electron chi connectivity index (χ0n) is 34.3. The van der Waals surface area contributed by atoms with Crippen molar-refractivity contribution in [2.24, 2.45) is 5.92 Å². The third kappa shape index (κ3) is 5.50. The van der Waals surface area contributed by atoms with Gasteiger partial charge in [0.05, 0.1) is 0 Å². The summed E-state index contributed by atoms with van der Waals surface area (Å²) in [6, 6.07) is 40.7. The molecule has 0 saturated carbocycles. The molecule has 4 aliphatic rings. The maximum Gasteiger partial charge on any atom is 0.0161 e. The van der Waals surface area contributed by atoms with Crippen molar-refractivity contribution in [2.45, 2.75) is 50.9 Å². The lowest BCUT2D eigenvalue weighted by atomic mass is 9.63. The Balaban J connectivity index is 1.33. The highest BCUT2D eigenvalue weighted by molar-refractivity contribution is 6.14. The lowest BCUT2D eigenvalue weighted by Gasteiger charge is -2.40. The number of hydrogen-bond donors (Lipinski definition) is 0. The minimum Gasteiger partial charge on any atom is -0.0984 e. The molecule has 0 heterocycles. The number of fused-ring (bicyclic) bond motifs is 5. The number of hydrogen-bond acceptors (Lipinski definition) is 0. The third-order valence-corrected chi connectivity index (χ3v) is 13.8. The molecule has 0 radical (unpaired) electrons. The highest BCUT2D eigenvalue weighted by Gasteiger charge is 2.40. The topological polar surface area (TPSA) is 0 Å². The van der Waals surface area contributed by atoms with Gasteiger partial charge in [-0.3, -0.25) is 0 Å². The Labute approximate surface area is 350 Å². The molecular formula is C59H50. The minimum absolute atomic E-state index is 0.206. The van der Waals surface area contributed by atoms with Gasteiger partial charge in [0.25, 0.3) is 0 Å². The minimum atomic E-state index is -0.206. The van der Waals surface area contributed by atoms with Crippen LogP contribution in [-0.4, -0.2) is 0 Å². The van der Waals surface area contributed by atoms with Gasteiger partial charge in [0, 0.05) is 11.3 Å². The molecule has 59 heavy (non-hydrogen) atoms. The zero-order chi connectivity index (χ0) is 40.4. The van der Waals surface area contributed by atoms with E-state index in [0.717, 1.165) is 59.1 Å². The van der Waals surface area contributed by atoms with Gasteiger partial charge in [0.1, 0.15) is 0 Å². The normalized spacial score (nSPS) is 18.5. The summed E-state index contributed by atoms with van der Waals surface area (Å²) < 4.78 is 0. The summed E-state index contributed by atoms with van der Waals surface area (Å²) in [5.41, 5.74) is 22.6. The molecule has 0 saturated heterocycles. The third-order valence-electron chi connectivity index (χ3n) is 13.8. The summed E-state index contributed by atoms with van der Waals surface area (Å²) in [7, 11) is 0. The monoisotopic (exact) mass is 758 g/mol. The van der Waals surface area contributed by atoms with Crippen LogP contribution < -0.4 is 0 Å². The van der Waals surface area contributed by atoms with Crippen LogP contribution in [0.2, 0.25) is 0 Å².